The summed E-state index contributed by atoms with van der Waals surface area (Å²) in [6, 6.07) is 57.0. The topological polar surface area (TPSA) is 63.8 Å². The lowest BCUT2D eigenvalue weighted by Crippen LogP contribution is -2.09. The molecule has 0 aliphatic carbocycles. The second kappa shape index (κ2) is 12.6. The molecule has 0 aliphatic heterocycles. The van der Waals surface area contributed by atoms with Crippen molar-refractivity contribution >= 4 is 103 Å². The predicted octanol–water partition coefficient (Wildman–Crippen LogP) is 14.5. The molecule has 0 spiro atoms. The molecule has 13 aromatic rings. The first-order valence-electron chi connectivity index (χ1n) is 20.1. The number of rotatable bonds is 4. The van der Waals surface area contributed by atoms with Crippen LogP contribution in [0.5, 0.6) is 0 Å². The summed E-state index contributed by atoms with van der Waals surface area (Å²) in [4.78, 5) is 14.7. The van der Waals surface area contributed by atoms with E-state index < -0.39 is 0 Å². The standard InChI is InChI=1S/C54H28N6S/c1-56-49-44(31-14-4-2-5-15-31)40(30-55)50(59-41-22-12-10-21-39(41)46-42(59)25-24-38-35-20-11-13-23-43(35)61-52(38)46)45(32-16-6-3-7-17-32)51(49)60-53-47-36(26-28-57-53)33-18-8-9-19-34(33)37-27-29-58-54(60)48(37)47/h2-29H. The van der Waals surface area contributed by atoms with Crippen molar-refractivity contribution < 1.29 is 0 Å². The Hall–Kier alpha value is -8.36. The van der Waals surface area contributed by atoms with Gasteiger partial charge in [-0.05, 0) is 63.0 Å². The van der Waals surface area contributed by atoms with E-state index in [0.29, 0.717) is 39.5 Å². The molecule has 0 saturated heterocycles. The molecule has 7 heteroatoms. The Bertz CT molecular complexity index is 3980. The van der Waals surface area contributed by atoms with Crippen molar-refractivity contribution in [3.63, 3.8) is 0 Å². The quantitative estimate of drug-likeness (QED) is 0.132. The molecule has 0 N–H and O–H groups in total. The van der Waals surface area contributed by atoms with Crippen LogP contribution < -0.4 is 0 Å². The van der Waals surface area contributed by atoms with Gasteiger partial charge in [0.2, 0.25) is 5.69 Å². The van der Waals surface area contributed by atoms with Crippen molar-refractivity contribution in [1.82, 2.24) is 19.1 Å². The average molecular weight is 793 g/mol. The molecule has 5 aromatic heterocycles. The summed E-state index contributed by atoms with van der Waals surface area (Å²) in [5, 5.41) is 22.7. The zero-order valence-corrected chi connectivity index (χ0v) is 33.1. The van der Waals surface area contributed by atoms with Crippen molar-refractivity contribution in [2.45, 2.75) is 0 Å². The lowest BCUT2D eigenvalue weighted by molar-refractivity contribution is 1.09. The van der Waals surface area contributed by atoms with Gasteiger partial charge in [0.25, 0.3) is 0 Å². The summed E-state index contributed by atoms with van der Waals surface area (Å²) in [6.45, 7) is 9.13. The molecule has 0 fully saturated rings. The van der Waals surface area contributed by atoms with Gasteiger partial charge in [0, 0.05) is 65.2 Å². The fourth-order valence-electron chi connectivity index (χ4n) is 10.1. The third-order valence-electron chi connectivity index (χ3n) is 12.4. The highest BCUT2D eigenvalue weighted by Crippen LogP contribution is 2.53. The third kappa shape index (κ3) is 4.42. The number of benzene rings is 8. The number of fused-ring (bicyclic) bond motifs is 10. The lowest BCUT2D eigenvalue weighted by atomic mass is 9.88. The highest BCUT2D eigenvalue weighted by Gasteiger charge is 2.33. The SMILES string of the molecule is [C-]#[N+]c1c(-c2ccccc2)c(C#N)c(-n2c3ccccc3c3c4sc5ccccc5c4ccc32)c(-c2ccccc2)c1-n1c2nccc3c4ccccc4c4ccnc1c4c32. The molecule has 0 unspecified atom stereocenters. The number of nitrogens with zero attached hydrogens (tertiary/aromatic N) is 6. The first kappa shape index (κ1) is 33.6. The van der Waals surface area contributed by atoms with Crippen LogP contribution in [0.2, 0.25) is 0 Å². The van der Waals surface area contributed by atoms with E-state index in [9.17, 15) is 5.26 Å². The van der Waals surface area contributed by atoms with Gasteiger partial charge in [0.05, 0.1) is 34.5 Å². The normalized spacial score (nSPS) is 11.9. The highest BCUT2D eigenvalue weighted by molar-refractivity contribution is 7.26. The van der Waals surface area contributed by atoms with Crippen molar-refractivity contribution in [1.29, 1.82) is 5.26 Å². The Labute approximate surface area is 352 Å². The number of hydrogen-bond acceptors (Lipinski definition) is 4. The van der Waals surface area contributed by atoms with Gasteiger partial charge in [-0.3, -0.25) is 4.57 Å². The van der Waals surface area contributed by atoms with E-state index in [1.54, 1.807) is 11.3 Å². The summed E-state index contributed by atoms with van der Waals surface area (Å²) in [7, 11) is 0. The molecule has 0 atom stereocenters. The van der Waals surface area contributed by atoms with E-state index in [2.05, 4.69) is 129 Å². The van der Waals surface area contributed by atoms with Gasteiger partial charge < -0.3 is 4.57 Å². The lowest BCUT2D eigenvalue weighted by Gasteiger charge is -2.25. The fraction of sp³-hybridized carbons (Fsp3) is 0. The fourth-order valence-corrected chi connectivity index (χ4v) is 11.3. The second-order valence-corrected chi connectivity index (χ2v) is 16.5. The van der Waals surface area contributed by atoms with Crippen LogP contribution in [0.25, 0.3) is 124 Å². The van der Waals surface area contributed by atoms with Gasteiger partial charge in [0.15, 0.2) is 0 Å². The number of nitriles is 1. The largest absolute Gasteiger partial charge is 0.307 e. The molecule has 0 bridgehead atoms. The van der Waals surface area contributed by atoms with Crippen LogP contribution in [0, 0.1) is 17.9 Å². The number of hydrogen-bond donors (Lipinski definition) is 0. The van der Waals surface area contributed by atoms with Gasteiger partial charge >= 0.3 is 0 Å². The molecule has 61 heavy (non-hydrogen) atoms. The predicted molar refractivity (Wildman–Crippen MR) is 252 cm³/mol. The van der Waals surface area contributed by atoms with E-state index in [-0.39, 0.29) is 0 Å². The molecule has 0 saturated carbocycles. The van der Waals surface area contributed by atoms with Gasteiger partial charge in [-0.1, -0.05) is 127 Å². The van der Waals surface area contributed by atoms with Gasteiger partial charge in [-0.2, -0.15) is 5.26 Å². The second-order valence-electron chi connectivity index (χ2n) is 15.4. The minimum atomic E-state index is 0.355. The molecule has 8 aromatic carbocycles. The molecule has 6 nitrogen and oxygen atoms in total. The third-order valence-corrected chi connectivity index (χ3v) is 13.6. The molecule has 13 rings (SSSR count). The van der Waals surface area contributed by atoms with Crippen LogP contribution in [0.1, 0.15) is 5.56 Å². The molecule has 280 valence electrons. The Morgan fingerprint density at radius 3 is 1.70 bits per heavy atom. The van der Waals surface area contributed by atoms with Gasteiger partial charge in [-0.25, -0.2) is 14.8 Å². The monoisotopic (exact) mass is 792 g/mol. The van der Waals surface area contributed by atoms with Crippen molar-refractivity contribution in [3.8, 4) is 39.7 Å². The smallest absolute Gasteiger partial charge is 0.220 e. The summed E-state index contributed by atoms with van der Waals surface area (Å²) >= 11 is 1.80. The minimum Gasteiger partial charge on any atom is -0.307 e. The molecular weight excluding hydrogens is 765 g/mol. The Morgan fingerprint density at radius 1 is 0.492 bits per heavy atom. The van der Waals surface area contributed by atoms with Crippen molar-refractivity contribution in [2.24, 2.45) is 0 Å². The number of thiophene rings is 1. The number of para-hydroxylation sites is 1. The molecule has 0 amide bonds. The average Bonchev–Trinajstić information content (AvgIpc) is 3.99. The minimum absolute atomic E-state index is 0.355. The van der Waals surface area contributed by atoms with Crippen molar-refractivity contribution in [2.75, 3.05) is 0 Å². The maximum absolute atomic E-state index is 11.7. The number of pyridine rings is 2. The van der Waals surface area contributed by atoms with E-state index in [0.717, 1.165) is 70.8 Å². The maximum atomic E-state index is 11.7. The number of aromatic nitrogens is 4. The van der Waals surface area contributed by atoms with E-state index in [1.165, 1.54) is 20.2 Å². The highest BCUT2D eigenvalue weighted by atomic mass is 32.1. The van der Waals surface area contributed by atoms with Crippen LogP contribution in [0.15, 0.2) is 170 Å². The first-order chi connectivity index (χ1) is 30.2. The zero-order valence-electron chi connectivity index (χ0n) is 32.3. The summed E-state index contributed by atoms with van der Waals surface area (Å²) in [5.41, 5.74) is 8.40. The summed E-state index contributed by atoms with van der Waals surface area (Å²) < 4.78 is 6.81. The zero-order chi connectivity index (χ0) is 40.3. The van der Waals surface area contributed by atoms with Gasteiger partial charge in [0.1, 0.15) is 17.4 Å². The van der Waals surface area contributed by atoms with Gasteiger partial charge in [-0.15, -0.1) is 11.3 Å². The maximum Gasteiger partial charge on any atom is 0.220 e. The van der Waals surface area contributed by atoms with Crippen LogP contribution in [-0.2, 0) is 0 Å². The van der Waals surface area contributed by atoms with Crippen LogP contribution in [0.3, 0.4) is 0 Å². The molecule has 5 heterocycles. The van der Waals surface area contributed by atoms with E-state index in [4.69, 9.17) is 16.5 Å². The molecular formula is C54H28N6S. The van der Waals surface area contributed by atoms with E-state index >= 15 is 0 Å². The Balaban J connectivity index is 1.31. The van der Waals surface area contributed by atoms with Crippen LogP contribution >= 0.6 is 11.3 Å². The van der Waals surface area contributed by atoms with Crippen LogP contribution in [-0.4, -0.2) is 19.1 Å². The molecule has 0 aliphatic rings. The first-order valence-corrected chi connectivity index (χ1v) is 20.9. The van der Waals surface area contributed by atoms with Crippen LogP contribution in [0.4, 0.5) is 5.69 Å². The summed E-state index contributed by atoms with van der Waals surface area (Å²) in [6.07, 6.45) is 3.72. The Morgan fingerprint density at radius 2 is 1.07 bits per heavy atom. The molecule has 0 radical (unpaired) electrons. The Kier molecular flexibility index (Phi) is 6.92. The summed E-state index contributed by atoms with van der Waals surface area (Å²) in [5.74, 6) is 0. The van der Waals surface area contributed by atoms with Crippen molar-refractivity contribution in [3.05, 3.63) is 187 Å². The van der Waals surface area contributed by atoms with E-state index in [1.807, 2.05) is 60.9 Å².